The van der Waals surface area contributed by atoms with Crippen LogP contribution in [0.4, 0.5) is 4.39 Å². The molecule has 0 saturated heterocycles. The smallest absolute Gasteiger partial charge is 0.142 e. The SMILES string of the molecule is NC(c1cccc(Cl)c1)c1cccc(Br)c1F. The largest absolute Gasteiger partial charge is 0.320 e. The number of hydrogen-bond donors (Lipinski definition) is 1. The highest BCUT2D eigenvalue weighted by Crippen LogP contribution is 2.27. The lowest BCUT2D eigenvalue weighted by Crippen LogP contribution is -2.13. The molecule has 2 rings (SSSR count). The second-order valence-corrected chi connectivity index (χ2v) is 4.97. The van der Waals surface area contributed by atoms with Gasteiger partial charge in [-0.25, -0.2) is 4.39 Å². The molecule has 0 aromatic heterocycles. The van der Waals surface area contributed by atoms with Crippen LogP contribution >= 0.6 is 27.5 Å². The van der Waals surface area contributed by atoms with Gasteiger partial charge in [-0.3, -0.25) is 0 Å². The van der Waals surface area contributed by atoms with Crippen LogP contribution in [0.1, 0.15) is 17.2 Å². The molecule has 0 aliphatic heterocycles. The maximum absolute atomic E-state index is 13.9. The molecule has 0 spiro atoms. The van der Waals surface area contributed by atoms with Crippen molar-refractivity contribution >= 4 is 27.5 Å². The second-order valence-electron chi connectivity index (χ2n) is 3.68. The van der Waals surface area contributed by atoms with Gasteiger partial charge < -0.3 is 5.73 Å². The first-order valence-electron chi connectivity index (χ1n) is 5.04. The monoisotopic (exact) mass is 313 g/mol. The number of benzene rings is 2. The lowest BCUT2D eigenvalue weighted by molar-refractivity contribution is 0.593. The van der Waals surface area contributed by atoms with Crippen LogP contribution in [0.3, 0.4) is 0 Å². The van der Waals surface area contributed by atoms with Crippen LogP contribution in [0.15, 0.2) is 46.9 Å². The summed E-state index contributed by atoms with van der Waals surface area (Å²) in [6, 6.07) is 11.7. The third-order valence-electron chi connectivity index (χ3n) is 2.52. The van der Waals surface area contributed by atoms with Gasteiger partial charge in [0.25, 0.3) is 0 Å². The highest BCUT2D eigenvalue weighted by atomic mass is 79.9. The molecule has 0 radical (unpaired) electrons. The Labute approximate surface area is 113 Å². The molecule has 0 aliphatic carbocycles. The van der Waals surface area contributed by atoms with Gasteiger partial charge in [0.05, 0.1) is 10.5 Å². The summed E-state index contributed by atoms with van der Waals surface area (Å²) in [4.78, 5) is 0. The number of nitrogens with two attached hydrogens (primary N) is 1. The maximum Gasteiger partial charge on any atom is 0.142 e. The normalized spacial score (nSPS) is 12.5. The van der Waals surface area contributed by atoms with Crippen LogP contribution in [0.2, 0.25) is 5.02 Å². The van der Waals surface area contributed by atoms with E-state index in [0.29, 0.717) is 15.1 Å². The molecule has 0 amide bonds. The van der Waals surface area contributed by atoms with Crippen LogP contribution < -0.4 is 5.73 Å². The number of rotatable bonds is 2. The molecule has 1 nitrogen and oxygen atoms in total. The molecule has 1 atom stereocenters. The summed E-state index contributed by atoms with van der Waals surface area (Å²) in [5.74, 6) is -0.333. The fourth-order valence-electron chi connectivity index (χ4n) is 1.64. The average molecular weight is 315 g/mol. The van der Waals surface area contributed by atoms with Gasteiger partial charge in [-0.15, -0.1) is 0 Å². The van der Waals surface area contributed by atoms with Gasteiger partial charge in [-0.05, 0) is 39.7 Å². The van der Waals surface area contributed by atoms with Crippen LogP contribution in [-0.2, 0) is 0 Å². The molecule has 0 saturated carbocycles. The molecule has 0 heterocycles. The van der Waals surface area contributed by atoms with E-state index in [4.69, 9.17) is 17.3 Å². The van der Waals surface area contributed by atoms with E-state index in [1.807, 2.05) is 6.07 Å². The summed E-state index contributed by atoms with van der Waals surface area (Å²) in [6.07, 6.45) is 0. The van der Waals surface area contributed by atoms with Crippen molar-refractivity contribution in [2.24, 2.45) is 5.73 Å². The molecule has 88 valence electrons. The minimum atomic E-state index is -0.522. The Bertz CT molecular complexity index is 545. The van der Waals surface area contributed by atoms with Crippen LogP contribution in [-0.4, -0.2) is 0 Å². The minimum Gasteiger partial charge on any atom is -0.320 e. The fourth-order valence-corrected chi connectivity index (χ4v) is 2.22. The summed E-state index contributed by atoms with van der Waals surface area (Å²) in [5, 5.41) is 0.591. The van der Waals surface area contributed by atoms with Gasteiger partial charge in [0, 0.05) is 10.6 Å². The van der Waals surface area contributed by atoms with Gasteiger partial charge in [0.2, 0.25) is 0 Å². The van der Waals surface area contributed by atoms with Gasteiger partial charge in [0.1, 0.15) is 5.82 Å². The second kappa shape index (κ2) is 5.17. The first-order valence-corrected chi connectivity index (χ1v) is 6.21. The van der Waals surface area contributed by atoms with Crippen molar-refractivity contribution in [1.82, 2.24) is 0 Å². The Morgan fingerprint density at radius 3 is 2.59 bits per heavy atom. The van der Waals surface area contributed by atoms with Crippen molar-refractivity contribution < 1.29 is 4.39 Å². The van der Waals surface area contributed by atoms with Crippen LogP contribution in [0.5, 0.6) is 0 Å². The molecule has 1 unspecified atom stereocenters. The summed E-state index contributed by atoms with van der Waals surface area (Å²) in [7, 11) is 0. The molecule has 4 heteroatoms. The first-order chi connectivity index (χ1) is 8.09. The predicted octanol–water partition coefficient (Wildman–Crippen LogP) is 4.29. The highest BCUT2D eigenvalue weighted by Gasteiger charge is 2.15. The van der Waals surface area contributed by atoms with E-state index in [1.165, 1.54) is 0 Å². The fraction of sp³-hybridized carbons (Fsp3) is 0.0769. The average Bonchev–Trinajstić information content (AvgIpc) is 2.32. The Morgan fingerprint density at radius 2 is 1.88 bits per heavy atom. The van der Waals surface area contributed by atoms with E-state index in [9.17, 15) is 4.39 Å². The molecule has 0 fully saturated rings. The zero-order chi connectivity index (χ0) is 12.4. The van der Waals surface area contributed by atoms with Crippen molar-refractivity contribution in [3.63, 3.8) is 0 Å². The first kappa shape index (κ1) is 12.6. The lowest BCUT2D eigenvalue weighted by atomic mass is 9.99. The Morgan fingerprint density at radius 1 is 1.18 bits per heavy atom. The van der Waals surface area contributed by atoms with Crippen LogP contribution in [0, 0.1) is 5.82 Å². The summed E-state index contributed by atoms with van der Waals surface area (Å²) >= 11 is 9.03. The summed E-state index contributed by atoms with van der Waals surface area (Å²) in [6.45, 7) is 0. The Balaban J connectivity index is 2.44. The van der Waals surface area contributed by atoms with E-state index in [-0.39, 0.29) is 5.82 Å². The highest BCUT2D eigenvalue weighted by molar-refractivity contribution is 9.10. The third-order valence-corrected chi connectivity index (χ3v) is 3.37. The molecule has 2 aromatic rings. The topological polar surface area (TPSA) is 26.0 Å². The van der Waals surface area contributed by atoms with Gasteiger partial charge >= 0.3 is 0 Å². The summed E-state index contributed by atoms with van der Waals surface area (Å²) < 4.78 is 14.3. The molecule has 2 aromatic carbocycles. The molecular weight excluding hydrogens is 305 g/mol. The molecule has 2 N–H and O–H groups in total. The van der Waals surface area contributed by atoms with Crippen molar-refractivity contribution in [1.29, 1.82) is 0 Å². The van der Waals surface area contributed by atoms with E-state index in [2.05, 4.69) is 15.9 Å². The minimum absolute atomic E-state index is 0.333. The number of halogens is 3. The van der Waals surface area contributed by atoms with Crippen molar-refractivity contribution in [3.8, 4) is 0 Å². The predicted molar refractivity (Wildman–Crippen MR) is 71.6 cm³/mol. The van der Waals surface area contributed by atoms with E-state index in [1.54, 1.807) is 36.4 Å². The van der Waals surface area contributed by atoms with Crippen molar-refractivity contribution in [2.45, 2.75) is 6.04 Å². The third kappa shape index (κ3) is 2.68. The zero-order valence-corrected chi connectivity index (χ0v) is 11.2. The summed E-state index contributed by atoms with van der Waals surface area (Å²) in [5.41, 5.74) is 7.27. The standard InChI is InChI=1S/C13H10BrClFN/c14-11-6-2-5-10(12(11)16)13(17)8-3-1-4-9(15)7-8/h1-7,13H,17H2. The lowest BCUT2D eigenvalue weighted by Gasteiger charge is -2.14. The van der Waals surface area contributed by atoms with Crippen molar-refractivity contribution in [2.75, 3.05) is 0 Å². The van der Waals surface area contributed by atoms with E-state index >= 15 is 0 Å². The van der Waals surface area contributed by atoms with Gasteiger partial charge in [-0.2, -0.15) is 0 Å². The molecular formula is C13H10BrClFN. The zero-order valence-electron chi connectivity index (χ0n) is 8.83. The molecule has 17 heavy (non-hydrogen) atoms. The van der Waals surface area contributed by atoms with Crippen molar-refractivity contribution in [3.05, 3.63) is 68.9 Å². The quantitative estimate of drug-likeness (QED) is 0.879. The van der Waals surface area contributed by atoms with Gasteiger partial charge in [-0.1, -0.05) is 35.9 Å². The van der Waals surface area contributed by atoms with Gasteiger partial charge in [0.15, 0.2) is 0 Å². The Kier molecular flexibility index (Phi) is 3.82. The molecule has 0 bridgehead atoms. The molecule has 0 aliphatic rings. The maximum atomic E-state index is 13.9. The van der Waals surface area contributed by atoms with E-state index in [0.717, 1.165) is 5.56 Å². The van der Waals surface area contributed by atoms with E-state index < -0.39 is 6.04 Å². The number of hydrogen-bond acceptors (Lipinski definition) is 1. The Hall–Kier alpha value is -0.900. The van der Waals surface area contributed by atoms with Crippen LogP contribution in [0.25, 0.3) is 0 Å².